The van der Waals surface area contributed by atoms with Gasteiger partial charge < -0.3 is 9.47 Å². The smallest absolute Gasteiger partial charge is 0.347 e. The number of hydrogen-bond acceptors (Lipinski definition) is 3. The Kier molecular flexibility index (Phi) is 2.15. The zero-order valence-corrected chi connectivity index (χ0v) is 8.24. The molecule has 0 N–H and O–H groups in total. The minimum absolute atomic E-state index is 0.305. The molecule has 1 aliphatic rings. The zero-order valence-electron chi connectivity index (χ0n) is 8.24. The fraction of sp³-hybridized carbons (Fsp3) is 0.364. The Morgan fingerprint density at radius 1 is 1.57 bits per heavy atom. The van der Waals surface area contributed by atoms with Gasteiger partial charge in [0, 0.05) is 12.0 Å². The first kappa shape index (κ1) is 9.06. The van der Waals surface area contributed by atoms with Gasteiger partial charge >= 0.3 is 5.97 Å². The normalized spacial score (nSPS) is 18.6. The number of rotatable bonds is 1. The van der Waals surface area contributed by atoms with Crippen molar-refractivity contribution in [3.05, 3.63) is 29.3 Å². The van der Waals surface area contributed by atoms with Crippen LogP contribution in [-0.4, -0.2) is 19.2 Å². The number of carbonyl (C=O) groups excluding carboxylic acids is 1. The Hall–Kier alpha value is -1.51. The van der Waals surface area contributed by atoms with Crippen molar-refractivity contribution in [1.29, 1.82) is 0 Å². The van der Waals surface area contributed by atoms with Gasteiger partial charge in [-0.3, -0.25) is 0 Å². The van der Waals surface area contributed by atoms with Gasteiger partial charge in [0.15, 0.2) is 6.10 Å². The third-order valence-corrected chi connectivity index (χ3v) is 2.49. The number of ether oxygens (including phenoxy) is 2. The molecule has 1 heterocycles. The highest BCUT2D eigenvalue weighted by atomic mass is 16.6. The molecule has 0 aromatic heterocycles. The molecule has 1 aliphatic heterocycles. The lowest BCUT2D eigenvalue weighted by molar-refractivity contribution is -0.147. The standard InChI is InChI=1S/C11H12O3/c1-7-4-3-5-9-8(7)6-10(14-9)11(12)13-2/h3-5,10H,6H2,1-2H3. The van der Waals surface area contributed by atoms with Crippen molar-refractivity contribution in [3.8, 4) is 5.75 Å². The van der Waals surface area contributed by atoms with Gasteiger partial charge in [-0.2, -0.15) is 0 Å². The number of methoxy groups -OCH3 is 1. The monoisotopic (exact) mass is 192 g/mol. The topological polar surface area (TPSA) is 35.5 Å². The van der Waals surface area contributed by atoms with Crippen molar-refractivity contribution >= 4 is 5.97 Å². The second-order valence-electron chi connectivity index (χ2n) is 3.39. The molecule has 0 saturated carbocycles. The number of aryl methyl sites for hydroxylation is 1. The summed E-state index contributed by atoms with van der Waals surface area (Å²) in [6, 6.07) is 5.82. The van der Waals surface area contributed by atoms with Crippen LogP contribution >= 0.6 is 0 Å². The van der Waals surface area contributed by atoms with E-state index in [1.54, 1.807) is 0 Å². The lowest BCUT2D eigenvalue weighted by Gasteiger charge is -2.06. The molecule has 1 aromatic carbocycles. The van der Waals surface area contributed by atoms with Gasteiger partial charge in [0.2, 0.25) is 0 Å². The maximum absolute atomic E-state index is 11.2. The van der Waals surface area contributed by atoms with E-state index in [1.807, 2.05) is 25.1 Å². The first-order chi connectivity index (χ1) is 6.72. The molecule has 74 valence electrons. The zero-order chi connectivity index (χ0) is 10.1. The van der Waals surface area contributed by atoms with Crippen LogP contribution in [0.4, 0.5) is 0 Å². The summed E-state index contributed by atoms with van der Waals surface area (Å²) in [5, 5.41) is 0. The highest BCUT2D eigenvalue weighted by Crippen LogP contribution is 2.31. The SMILES string of the molecule is COC(=O)C1Cc2c(C)cccc2O1. The average Bonchev–Trinajstić information content (AvgIpc) is 2.62. The van der Waals surface area contributed by atoms with Gasteiger partial charge in [-0.05, 0) is 18.6 Å². The molecule has 0 aliphatic carbocycles. The third-order valence-electron chi connectivity index (χ3n) is 2.49. The largest absolute Gasteiger partial charge is 0.478 e. The molecule has 0 spiro atoms. The van der Waals surface area contributed by atoms with Gasteiger partial charge in [0.1, 0.15) is 5.75 Å². The van der Waals surface area contributed by atoms with Crippen molar-refractivity contribution in [2.24, 2.45) is 0 Å². The van der Waals surface area contributed by atoms with Gasteiger partial charge in [-0.1, -0.05) is 12.1 Å². The van der Waals surface area contributed by atoms with E-state index in [1.165, 1.54) is 7.11 Å². The Morgan fingerprint density at radius 3 is 3.00 bits per heavy atom. The van der Waals surface area contributed by atoms with E-state index >= 15 is 0 Å². The maximum atomic E-state index is 11.2. The molecule has 0 radical (unpaired) electrons. The molecule has 3 heteroatoms. The second kappa shape index (κ2) is 3.33. The average molecular weight is 192 g/mol. The van der Waals surface area contributed by atoms with Gasteiger partial charge in [-0.25, -0.2) is 4.79 Å². The van der Waals surface area contributed by atoms with Crippen molar-refractivity contribution in [3.63, 3.8) is 0 Å². The van der Waals surface area contributed by atoms with Crippen molar-refractivity contribution < 1.29 is 14.3 Å². The van der Waals surface area contributed by atoms with Crippen LogP contribution in [0.1, 0.15) is 11.1 Å². The van der Waals surface area contributed by atoms with E-state index in [0.29, 0.717) is 6.42 Å². The molecule has 0 amide bonds. The Labute approximate surface area is 82.6 Å². The van der Waals surface area contributed by atoms with Crippen LogP contribution in [0.3, 0.4) is 0 Å². The van der Waals surface area contributed by atoms with E-state index in [2.05, 4.69) is 4.74 Å². The third kappa shape index (κ3) is 1.35. The fourth-order valence-electron chi connectivity index (χ4n) is 1.69. The minimum Gasteiger partial charge on any atom is -0.478 e. The van der Waals surface area contributed by atoms with E-state index in [4.69, 9.17) is 4.74 Å². The van der Waals surface area contributed by atoms with Crippen LogP contribution < -0.4 is 4.74 Å². The van der Waals surface area contributed by atoms with Crippen molar-refractivity contribution in [2.75, 3.05) is 7.11 Å². The predicted octanol–water partition coefficient (Wildman–Crippen LogP) is 1.47. The Bertz CT molecular complexity index is 371. The first-order valence-corrected chi connectivity index (χ1v) is 4.55. The predicted molar refractivity (Wildman–Crippen MR) is 51.3 cm³/mol. The molecular formula is C11H12O3. The summed E-state index contributed by atoms with van der Waals surface area (Å²) in [4.78, 5) is 11.2. The number of benzene rings is 1. The second-order valence-corrected chi connectivity index (χ2v) is 3.39. The number of hydrogen-bond donors (Lipinski definition) is 0. The number of esters is 1. The molecule has 2 rings (SSSR count). The molecule has 1 atom stereocenters. The number of carbonyl (C=O) groups is 1. The number of fused-ring (bicyclic) bond motifs is 1. The van der Waals surface area contributed by atoms with Crippen molar-refractivity contribution in [1.82, 2.24) is 0 Å². The summed E-state index contributed by atoms with van der Waals surface area (Å²) >= 11 is 0. The van der Waals surface area contributed by atoms with E-state index < -0.39 is 6.10 Å². The summed E-state index contributed by atoms with van der Waals surface area (Å²) in [6.45, 7) is 2.02. The first-order valence-electron chi connectivity index (χ1n) is 4.55. The fourth-order valence-corrected chi connectivity index (χ4v) is 1.69. The van der Waals surface area contributed by atoms with Crippen LogP contribution in [0.15, 0.2) is 18.2 Å². The van der Waals surface area contributed by atoms with Crippen LogP contribution in [0.25, 0.3) is 0 Å². The van der Waals surface area contributed by atoms with Crippen LogP contribution in [0.2, 0.25) is 0 Å². The highest BCUT2D eigenvalue weighted by Gasteiger charge is 2.30. The molecule has 1 unspecified atom stereocenters. The summed E-state index contributed by atoms with van der Waals surface area (Å²) in [5.74, 6) is 0.501. The maximum Gasteiger partial charge on any atom is 0.347 e. The van der Waals surface area contributed by atoms with Crippen LogP contribution in [-0.2, 0) is 16.0 Å². The molecular weight excluding hydrogens is 180 g/mol. The van der Waals surface area contributed by atoms with Gasteiger partial charge in [0.25, 0.3) is 0 Å². The Morgan fingerprint density at radius 2 is 2.36 bits per heavy atom. The molecule has 0 saturated heterocycles. The van der Waals surface area contributed by atoms with Crippen LogP contribution in [0.5, 0.6) is 5.75 Å². The van der Waals surface area contributed by atoms with E-state index in [0.717, 1.165) is 16.9 Å². The molecule has 1 aromatic rings. The molecule has 3 nitrogen and oxygen atoms in total. The quantitative estimate of drug-likeness (QED) is 0.632. The molecule has 0 bridgehead atoms. The van der Waals surface area contributed by atoms with Crippen molar-refractivity contribution in [2.45, 2.75) is 19.4 Å². The molecule has 14 heavy (non-hydrogen) atoms. The van der Waals surface area contributed by atoms with Gasteiger partial charge in [0.05, 0.1) is 7.11 Å². The van der Waals surface area contributed by atoms with E-state index in [-0.39, 0.29) is 5.97 Å². The minimum atomic E-state index is -0.462. The van der Waals surface area contributed by atoms with Crippen LogP contribution in [0, 0.1) is 6.92 Å². The summed E-state index contributed by atoms with van der Waals surface area (Å²) in [7, 11) is 1.38. The van der Waals surface area contributed by atoms with E-state index in [9.17, 15) is 4.79 Å². The lowest BCUT2D eigenvalue weighted by Crippen LogP contribution is -2.26. The summed E-state index contributed by atoms with van der Waals surface area (Å²) in [5.41, 5.74) is 2.27. The lowest BCUT2D eigenvalue weighted by atomic mass is 10.0. The highest BCUT2D eigenvalue weighted by molar-refractivity contribution is 5.76. The summed E-state index contributed by atoms with van der Waals surface area (Å²) < 4.78 is 10.1. The molecule has 0 fully saturated rings. The summed E-state index contributed by atoms with van der Waals surface area (Å²) in [6.07, 6.45) is 0.158. The van der Waals surface area contributed by atoms with Gasteiger partial charge in [-0.15, -0.1) is 0 Å². The Balaban J connectivity index is 2.26.